The Labute approximate surface area is 284 Å². The Hall–Kier alpha value is -3.90. The summed E-state index contributed by atoms with van der Waals surface area (Å²) in [5.74, 6) is 0. The van der Waals surface area contributed by atoms with Gasteiger partial charge in [-0.1, -0.05) is 168 Å². The molecule has 0 heteroatoms. The van der Waals surface area contributed by atoms with E-state index in [1.165, 1.54) is 77.2 Å². The Morgan fingerprint density at radius 1 is 0.532 bits per heavy atom. The summed E-state index contributed by atoms with van der Waals surface area (Å²) < 4.78 is 0. The summed E-state index contributed by atoms with van der Waals surface area (Å²) >= 11 is 0. The van der Waals surface area contributed by atoms with Gasteiger partial charge in [0.05, 0.1) is 0 Å². The highest BCUT2D eigenvalue weighted by molar-refractivity contribution is 5.91. The molecule has 4 aromatic carbocycles. The number of hydrogen-bond acceptors (Lipinski definition) is 0. The van der Waals surface area contributed by atoms with Gasteiger partial charge in [0.25, 0.3) is 0 Å². The van der Waals surface area contributed by atoms with Crippen LogP contribution in [0, 0.1) is 0 Å². The van der Waals surface area contributed by atoms with Gasteiger partial charge >= 0.3 is 0 Å². The van der Waals surface area contributed by atoms with Crippen LogP contribution in [0.3, 0.4) is 0 Å². The van der Waals surface area contributed by atoms with Gasteiger partial charge in [-0.2, -0.15) is 0 Å². The van der Waals surface area contributed by atoms with E-state index in [1.807, 2.05) is 0 Å². The van der Waals surface area contributed by atoms with E-state index >= 15 is 0 Å². The topological polar surface area (TPSA) is 0 Å². The van der Waals surface area contributed by atoms with Gasteiger partial charge < -0.3 is 0 Å². The molecule has 6 rings (SSSR count). The normalized spacial score (nSPS) is 14.5. The number of rotatable bonds is 3. The Morgan fingerprint density at radius 3 is 1.49 bits per heavy atom. The van der Waals surface area contributed by atoms with Crippen LogP contribution in [-0.4, -0.2) is 0 Å². The van der Waals surface area contributed by atoms with E-state index in [4.69, 9.17) is 0 Å². The first kappa shape index (κ1) is 33.0. The highest BCUT2D eigenvalue weighted by Crippen LogP contribution is 2.38. The van der Waals surface area contributed by atoms with Gasteiger partial charge in [0.15, 0.2) is 0 Å². The summed E-state index contributed by atoms with van der Waals surface area (Å²) in [4.78, 5) is 0. The molecule has 0 aromatic heterocycles. The van der Waals surface area contributed by atoms with Crippen molar-refractivity contribution in [2.45, 2.75) is 111 Å². The van der Waals surface area contributed by atoms with Crippen molar-refractivity contribution in [2.24, 2.45) is 0 Å². The lowest BCUT2D eigenvalue weighted by Crippen LogP contribution is -2.32. The number of hydrogen-bond donors (Lipinski definition) is 0. The van der Waals surface area contributed by atoms with Crippen molar-refractivity contribution in [1.82, 2.24) is 0 Å². The molecule has 0 unspecified atom stereocenters. The summed E-state index contributed by atoms with van der Waals surface area (Å²) in [6, 6.07) is 28.5. The van der Waals surface area contributed by atoms with Crippen LogP contribution in [0.2, 0.25) is 0 Å². The zero-order chi connectivity index (χ0) is 34.1. The molecular formula is C47H54. The SMILES string of the molecule is CC(C)(C)c1ccc(C(c2ccc(C(C)(C)C)cc2)=c2cc3c(c(C4=CC=CC4)c2C(C)(C)C)=Cc2cc(C(C)(C)C)ccc2-3)cc1. The smallest absolute Gasteiger partial charge is 0.00354 e. The van der Waals surface area contributed by atoms with Gasteiger partial charge in [0, 0.05) is 0 Å². The van der Waals surface area contributed by atoms with E-state index in [0.717, 1.165) is 6.42 Å². The minimum Gasteiger partial charge on any atom is -0.0801 e. The molecule has 0 saturated carbocycles. The zero-order valence-electron chi connectivity index (χ0n) is 30.9. The summed E-state index contributed by atoms with van der Waals surface area (Å²) in [5, 5.41) is 2.72. The molecule has 0 N–H and O–H groups in total. The molecule has 0 spiro atoms. The Bertz CT molecular complexity index is 1970. The van der Waals surface area contributed by atoms with Crippen molar-refractivity contribution in [3.05, 3.63) is 146 Å². The molecule has 0 bridgehead atoms. The van der Waals surface area contributed by atoms with Crippen LogP contribution in [-0.2, 0) is 21.7 Å². The van der Waals surface area contributed by atoms with E-state index in [9.17, 15) is 0 Å². The van der Waals surface area contributed by atoms with Crippen molar-refractivity contribution >= 4 is 17.2 Å². The molecule has 0 nitrogen and oxygen atoms in total. The second kappa shape index (κ2) is 11.4. The van der Waals surface area contributed by atoms with Crippen LogP contribution in [0.4, 0.5) is 0 Å². The van der Waals surface area contributed by atoms with Crippen molar-refractivity contribution in [3.8, 4) is 11.1 Å². The van der Waals surface area contributed by atoms with Crippen molar-refractivity contribution in [2.75, 3.05) is 0 Å². The molecule has 0 amide bonds. The molecule has 47 heavy (non-hydrogen) atoms. The first-order valence-corrected chi connectivity index (χ1v) is 17.5. The third-order valence-corrected chi connectivity index (χ3v) is 10.1. The van der Waals surface area contributed by atoms with Gasteiger partial charge in [-0.15, -0.1) is 0 Å². The maximum absolute atomic E-state index is 2.53. The number of fused-ring (bicyclic) bond motifs is 3. The van der Waals surface area contributed by atoms with E-state index in [-0.39, 0.29) is 21.7 Å². The fourth-order valence-corrected chi connectivity index (χ4v) is 7.31. The van der Waals surface area contributed by atoms with E-state index in [0.29, 0.717) is 0 Å². The quantitative estimate of drug-likeness (QED) is 0.189. The molecule has 2 aliphatic carbocycles. The lowest BCUT2D eigenvalue weighted by molar-refractivity contribution is 0.583. The maximum Gasteiger partial charge on any atom is -0.00354 e. The summed E-state index contributed by atoms with van der Waals surface area (Å²) in [7, 11) is 0. The minimum absolute atomic E-state index is 0.0930. The van der Waals surface area contributed by atoms with Crippen LogP contribution in [0.1, 0.15) is 134 Å². The lowest BCUT2D eigenvalue weighted by Gasteiger charge is -2.28. The average molecular weight is 619 g/mol. The largest absolute Gasteiger partial charge is 0.0801 e. The van der Waals surface area contributed by atoms with Gasteiger partial charge in [-0.3, -0.25) is 0 Å². The monoisotopic (exact) mass is 618 g/mol. The fourth-order valence-electron chi connectivity index (χ4n) is 7.31. The molecule has 0 atom stereocenters. The summed E-state index contributed by atoms with van der Waals surface area (Å²) in [6.45, 7) is 27.9. The fraction of sp³-hybridized carbons (Fsp3) is 0.362. The van der Waals surface area contributed by atoms with Crippen molar-refractivity contribution < 1.29 is 0 Å². The van der Waals surface area contributed by atoms with Crippen LogP contribution in [0.5, 0.6) is 0 Å². The summed E-state index contributed by atoms with van der Waals surface area (Å²) in [6.07, 6.45) is 10.3. The van der Waals surface area contributed by atoms with Gasteiger partial charge in [0.1, 0.15) is 0 Å². The van der Waals surface area contributed by atoms with Crippen LogP contribution in [0.15, 0.2) is 91.0 Å². The standard InChI is InChI=1S/C47H54/c1-44(2,3)34-21-17-31(18-22-34)41(32-19-23-35(24-20-32)45(4,5)6)40-29-38-37-26-25-36(46(7,8)9)27-33(37)28-39(38)42(30-15-13-14-16-30)43(40)47(10,11)12/h13-15,17-29H,16H2,1-12H3. The first-order chi connectivity index (χ1) is 21.8. The van der Waals surface area contributed by atoms with E-state index in [2.05, 4.69) is 180 Å². The van der Waals surface area contributed by atoms with Crippen LogP contribution >= 0.6 is 0 Å². The van der Waals surface area contributed by atoms with Gasteiger partial charge in [-0.05, 0) is 117 Å². The Morgan fingerprint density at radius 2 is 1.04 bits per heavy atom. The molecule has 0 saturated heterocycles. The highest BCUT2D eigenvalue weighted by atomic mass is 14.3. The zero-order valence-corrected chi connectivity index (χ0v) is 30.9. The second-order valence-corrected chi connectivity index (χ2v) is 17.9. The maximum atomic E-state index is 2.53. The van der Waals surface area contributed by atoms with Gasteiger partial charge in [-0.25, -0.2) is 0 Å². The van der Waals surface area contributed by atoms with Crippen molar-refractivity contribution in [3.63, 3.8) is 0 Å². The van der Waals surface area contributed by atoms with E-state index < -0.39 is 0 Å². The molecule has 4 aromatic rings. The summed E-state index contributed by atoms with van der Waals surface area (Å²) in [5.41, 5.74) is 16.4. The average Bonchev–Trinajstić information content (AvgIpc) is 3.63. The van der Waals surface area contributed by atoms with Crippen LogP contribution in [0.25, 0.3) is 28.3 Å². The molecule has 0 radical (unpaired) electrons. The molecule has 0 heterocycles. The molecule has 0 aliphatic heterocycles. The number of benzene rings is 4. The molecule has 2 aliphatic rings. The molecule has 0 fully saturated rings. The second-order valence-electron chi connectivity index (χ2n) is 17.9. The minimum atomic E-state index is -0.0930. The Kier molecular flexibility index (Phi) is 7.98. The molecule has 242 valence electrons. The highest BCUT2D eigenvalue weighted by Gasteiger charge is 2.29. The van der Waals surface area contributed by atoms with Crippen LogP contribution < -0.4 is 10.4 Å². The lowest BCUT2D eigenvalue weighted by atomic mass is 9.76. The van der Waals surface area contributed by atoms with Crippen molar-refractivity contribution in [1.29, 1.82) is 0 Å². The van der Waals surface area contributed by atoms with E-state index in [1.54, 1.807) is 0 Å². The predicted octanol–water partition coefficient (Wildman–Crippen LogP) is 11.3. The third kappa shape index (κ3) is 6.25. The molecular weight excluding hydrogens is 565 g/mol. The predicted molar refractivity (Wildman–Crippen MR) is 206 cm³/mol. The number of allylic oxidation sites excluding steroid dienone is 4. The Balaban J connectivity index is 1.78. The first-order valence-electron chi connectivity index (χ1n) is 17.5. The third-order valence-electron chi connectivity index (χ3n) is 10.1. The van der Waals surface area contributed by atoms with Gasteiger partial charge in [0.2, 0.25) is 0 Å².